The molecule has 1 aliphatic heterocycles. The fraction of sp³-hybridized carbons (Fsp3) is 0.350. The number of para-hydroxylation sites is 1. The summed E-state index contributed by atoms with van der Waals surface area (Å²) in [6.45, 7) is 4.79. The fourth-order valence-corrected chi connectivity index (χ4v) is 4.49. The molecule has 0 unspecified atom stereocenters. The van der Waals surface area contributed by atoms with E-state index in [1.807, 2.05) is 13.0 Å². The van der Waals surface area contributed by atoms with E-state index in [-0.39, 0.29) is 28.2 Å². The van der Waals surface area contributed by atoms with Crippen LogP contribution in [0.1, 0.15) is 34.3 Å². The number of carbonyl (C=O) groups excluding carboxylic acids is 1. The third kappa shape index (κ3) is 4.67. The highest BCUT2D eigenvalue weighted by Crippen LogP contribution is 2.23. The van der Waals surface area contributed by atoms with Gasteiger partial charge in [-0.05, 0) is 50.5 Å². The first kappa shape index (κ1) is 19.4. The van der Waals surface area contributed by atoms with E-state index in [1.54, 1.807) is 43.3 Å². The summed E-state index contributed by atoms with van der Waals surface area (Å²) in [6, 6.07) is 11.7. The van der Waals surface area contributed by atoms with Crippen molar-refractivity contribution in [2.45, 2.75) is 37.7 Å². The summed E-state index contributed by atoms with van der Waals surface area (Å²) in [6.07, 6.45) is 1.93. The zero-order valence-electron chi connectivity index (χ0n) is 15.5. The summed E-state index contributed by atoms with van der Waals surface area (Å²) in [5.41, 5.74) is 2.18. The van der Waals surface area contributed by atoms with Gasteiger partial charge in [0.25, 0.3) is 15.9 Å². The number of rotatable bonds is 6. The van der Waals surface area contributed by atoms with Gasteiger partial charge in [0.1, 0.15) is 0 Å². The first-order valence-corrected chi connectivity index (χ1v) is 10.4. The molecular weight excluding hydrogens is 364 g/mol. The summed E-state index contributed by atoms with van der Waals surface area (Å²) >= 11 is 0. The zero-order valence-corrected chi connectivity index (χ0v) is 16.3. The van der Waals surface area contributed by atoms with E-state index in [4.69, 9.17) is 4.74 Å². The molecule has 7 heteroatoms. The van der Waals surface area contributed by atoms with Crippen LogP contribution in [0.15, 0.2) is 47.4 Å². The third-order valence-corrected chi connectivity index (χ3v) is 6.08. The van der Waals surface area contributed by atoms with E-state index < -0.39 is 10.0 Å². The van der Waals surface area contributed by atoms with Crippen LogP contribution in [0.5, 0.6) is 0 Å². The molecule has 2 aromatic carbocycles. The topological polar surface area (TPSA) is 84.5 Å². The molecule has 1 atom stereocenters. The molecule has 0 radical (unpaired) electrons. The van der Waals surface area contributed by atoms with Crippen molar-refractivity contribution in [1.82, 2.24) is 5.32 Å². The van der Waals surface area contributed by atoms with Crippen LogP contribution in [0.25, 0.3) is 0 Å². The Hall–Kier alpha value is -2.38. The Morgan fingerprint density at radius 2 is 1.96 bits per heavy atom. The lowest BCUT2D eigenvalue weighted by molar-refractivity contribution is 0.0858. The number of ether oxygens (including phenoxy) is 1. The van der Waals surface area contributed by atoms with Crippen molar-refractivity contribution in [2.24, 2.45) is 0 Å². The van der Waals surface area contributed by atoms with Crippen LogP contribution in [-0.2, 0) is 14.8 Å². The molecule has 6 nitrogen and oxygen atoms in total. The second-order valence-corrected chi connectivity index (χ2v) is 8.42. The Labute approximate surface area is 160 Å². The van der Waals surface area contributed by atoms with E-state index in [0.717, 1.165) is 18.4 Å². The zero-order chi connectivity index (χ0) is 19.4. The normalized spacial score (nSPS) is 16.9. The molecular formula is C20H24N2O4S. The van der Waals surface area contributed by atoms with Gasteiger partial charge in [-0.2, -0.15) is 0 Å². The van der Waals surface area contributed by atoms with Gasteiger partial charge < -0.3 is 10.1 Å². The number of benzene rings is 2. The van der Waals surface area contributed by atoms with Crippen LogP contribution >= 0.6 is 0 Å². The average Bonchev–Trinajstić information content (AvgIpc) is 3.13. The monoisotopic (exact) mass is 388 g/mol. The van der Waals surface area contributed by atoms with Gasteiger partial charge in [-0.3, -0.25) is 9.52 Å². The maximum atomic E-state index is 12.8. The van der Waals surface area contributed by atoms with Crippen molar-refractivity contribution in [3.8, 4) is 0 Å². The molecule has 1 amide bonds. The van der Waals surface area contributed by atoms with E-state index >= 15 is 0 Å². The van der Waals surface area contributed by atoms with Gasteiger partial charge in [0.2, 0.25) is 0 Å². The average molecular weight is 388 g/mol. The van der Waals surface area contributed by atoms with Gasteiger partial charge in [-0.1, -0.05) is 29.8 Å². The minimum Gasteiger partial charge on any atom is -0.376 e. The minimum atomic E-state index is -3.80. The molecule has 0 spiro atoms. The summed E-state index contributed by atoms with van der Waals surface area (Å²) in [5, 5.41) is 2.83. The molecule has 0 aromatic heterocycles. The molecule has 0 aliphatic carbocycles. The first-order chi connectivity index (χ1) is 12.9. The molecule has 27 heavy (non-hydrogen) atoms. The van der Waals surface area contributed by atoms with Crippen LogP contribution in [0.3, 0.4) is 0 Å². The van der Waals surface area contributed by atoms with Gasteiger partial charge in [-0.15, -0.1) is 0 Å². The molecule has 1 heterocycles. The predicted octanol–water partition coefficient (Wildman–Crippen LogP) is 3.01. The predicted molar refractivity (Wildman–Crippen MR) is 104 cm³/mol. The Morgan fingerprint density at radius 3 is 2.67 bits per heavy atom. The van der Waals surface area contributed by atoms with Crippen molar-refractivity contribution in [2.75, 3.05) is 17.9 Å². The van der Waals surface area contributed by atoms with Gasteiger partial charge in [-0.25, -0.2) is 8.42 Å². The summed E-state index contributed by atoms with van der Waals surface area (Å²) < 4.78 is 33.7. The summed E-state index contributed by atoms with van der Waals surface area (Å²) in [4.78, 5) is 12.8. The lowest BCUT2D eigenvalue weighted by Crippen LogP contribution is -2.32. The Kier molecular flexibility index (Phi) is 5.82. The maximum Gasteiger partial charge on any atom is 0.262 e. The lowest BCUT2D eigenvalue weighted by atomic mass is 10.1. The van der Waals surface area contributed by atoms with E-state index in [0.29, 0.717) is 18.7 Å². The molecule has 2 N–H and O–H groups in total. The number of amides is 1. The molecule has 0 saturated carbocycles. The molecule has 0 bridgehead atoms. The lowest BCUT2D eigenvalue weighted by Gasteiger charge is -2.15. The second-order valence-electron chi connectivity index (χ2n) is 6.77. The number of hydrogen-bond donors (Lipinski definition) is 2. The second kappa shape index (κ2) is 8.10. The van der Waals surface area contributed by atoms with Gasteiger partial charge in [0.05, 0.1) is 22.3 Å². The van der Waals surface area contributed by atoms with Crippen LogP contribution in [0, 0.1) is 13.8 Å². The SMILES string of the molecule is Cc1ccc(S(=O)(=O)Nc2ccccc2C(=O)NC[C@@H]2CCCO2)c(C)c1. The number of carbonyl (C=O) groups is 1. The standard InChI is InChI=1S/C20H24N2O4S/c1-14-9-10-19(15(2)12-14)27(24,25)22-18-8-4-3-7-17(18)20(23)21-13-16-6-5-11-26-16/h3-4,7-10,12,16,22H,5-6,11,13H2,1-2H3,(H,21,23)/t16-/m0/s1. The summed E-state index contributed by atoms with van der Waals surface area (Å²) in [5.74, 6) is -0.329. The van der Waals surface area contributed by atoms with Crippen molar-refractivity contribution < 1.29 is 17.9 Å². The van der Waals surface area contributed by atoms with Gasteiger partial charge in [0, 0.05) is 13.2 Å². The van der Waals surface area contributed by atoms with Crippen LogP contribution in [-0.4, -0.2) is 33.6 Å². The van der Waals surface area contributed by atoms with Crippen LogP contribution in [0.4, 0.5) is 5.69 Å². The van der Waals surface area contributed by atoms with E-state index in [1.165, 1.54) is 0 Å². The number of nitrogens with one attached hydrogen (secondary N) is 2. The number of hydrogen-bond acceptors (Lipinski definition) is 4. The molecule has 1 aliphatic rings. The highest BCUT2D eigenvalue weighted by molar-refractivity contribution is 7.92. The molecule has 3 rings (SSSR count). The molecule has 1 fully saturated rings. The minimum absolute atomic E-state index is 0.0213. The molecule has 1 saturated heterocycles. The quantitative estimate of drug-likeness (QED) is 0.797. The van der Waals surface area contributed by atoms with Crippen molar-refractivity contribution in [3.05, 3.63) is 59.2 Å². The Balaban J connectivity index is 1.79. The fourth-order valence-electron chi connectivity index (χ4n) is 3.18. The van der Waals surface area contributed by atoms with Gasteiger partial charge >= 0.3 is 0 Å². The third-order valence-electron chi connectivity index (χ3n) is 4.55. The van der Waals surface area contributed by atoms with Crippen molar-refractivity contribution in [1.29, 1.82) is 0 Å². The molecule has 2 aromatic rings. The smallest absolute Gasteiger partial charge is 0.262 e. The van der Waals surface area contributed by atoms with Crippen LogP contribution in [0.2, 0.25) is 0 Å². The highest BCUT2D eigenvalue weighted by Gasteiger charge is 2.21. The maximum absolute atomic E-state index is 12.8. The number of anilines is 1. The van der Waals surface area contributed by atoms with E-state index in [9.17, 15) is 13.2 Å². The van der Waals surface area contributed by atoms with Crippen molar-refractivity contribution in [3.63, 3.8) is 0 Å². The Bertz CT molecular complexity index is 935. The molecule has 144 valence electrons. The highest BCUT2D eigenvalue weighted by atomic mass is 32.2. The largest absolute Gasteiger partial charge is 0.376 e. The Morgan fingerprint density at radius 1 is 1.19 bits per heavy atom. The van der Waals surface area contributed by atoms with E-state index in [2.05, 4.69) is 10.0 Å². The first-order valence-electron chi connectivity index (χ1n) is 8.96. The summed E-state index contributed by atoms with van der Waals surface area (Å²) in [7, 11) is -3.80. The number of aryl methyl sites for hydroxylation is 2. The van der Waals surface area contributed by atoms with Gasteiger partial charge in [0.15, 0.2) is 0 Å². The van der Waals surface area contributed by atoms with Crippen LogP contribution < -0.4 is 10.0 Å². The number of sulfonamides is 1. The van der Waals surface area contributed by atoms with Crippen molar-refractivity contribution >= 4 is 21.6 Å².